The number of nitrogens with one attached hydrogen (secondary N) is 1. The summed E-state index contributed by atoms with van der Waals surface area (Å²) in [5.74, 6) is -2.05. The predicted octanol–water partition coefficient (Wildman–Crippen LogP) is 11.9. The lowest BCUT2D eigenvalue weighted by Gasteiger charge is -2.59. The van der Waals surface area contributed by atoms with Gasteiger partial charge in [0, 0.05) is 44.2 Å². The first-order chi connectivity index (χ1) is 33.8. The van der Waals surface area contributed by atoms with Crippen molar-refractivity contribution < 1.29 is 48.0 Å². The molecule has 0 bridgehead atoms. The van der Waals surface area contributed by atoms with Crippen LogP contribution in [0.5, 0.6) is 11.5 Å². The summed E-state index contributed by atoms with van der Waals surface area (Å²) in [7, 11) is 1.51. The van der Waals surface area contributed by atoms with E-state index in [9.17, 15) is 24.2 Å². The number of amides is 2. The highest BCUT2D eigenvalue weighted by molar-refractivity contribution is 6.03. The number of aliphatic hydroxyl groups is 2. The Morgan fingerprint density at radius 2 is 1.58 bits per heavy atom. The molecule has 0 unspecified atom stereocenters. The van der Waals surface area contributed by atoms with E-state index >= 15 is 0 Å². The van der Waals surface area contributed by atoms with Gasteiger partial charge in [-0.1, -0.05) is 137 Å². The molecule has 1 aliphatic heterocycles. The number of carbonyl (C=O) groups is 2. The van der Waals surface area contributed by atoms with E-state index in [1.54, 1.807) is 35.2 Å². The van der Waals surface area contributed by atoms with E-state index in [1.807, 2.05) is 36.4 Å². The van der Waals surface area contributed by atoms with E-state index in [1.165, 1.54) is 57.8 Å². The summed E-state index contributed by atoms with van der Waals surface area (Å²) in [4.78, 5) is 35.4. The topological polar surface area (TPSA) is 148 Å². The number of hydrogen-bond acceptors (Lipinski definition) is 10. The molecule has 3 N–H and O–H groups in total. The lowest BCUT2D eigenvalue weighted by Crippen LogP contribution is -2.70. The minimum atomic E-state index is -1.54. The van der Waals surface area contributed by atoms with Crippen molar-refractivity contribution in [3.8, 4) is 11.5 Å². The van der Waals surface area contributed by atoms with Gasteiger partial charge >= 0.3 is 12.2 Å². The fourth-order valence-electron chi connectivity index (χ4n) is 10.7. The Labute approximate surface area is 409 Å². The maximum Gasteiger partial charge on any atom is 0.412 e. The molecule has 3 aromatic rings. The maximum absolute atomic E-state index is 14.9. The smallest absolute Gasteiger partial charge is 0.412 e. The van der Waals surface area contributed by atoms with Crippen LogP contribution >= 0.6 is 0 Å². The van der Waals surface area contributed by atoms with Gasteiger partial charge < -0.3 is 39.3 Å². The lowest BCUT2D eigenvalue weighted by molar-refractivity contribution is -0.256. The van der Waals surface area contributed by atoms with Crippen molar-refractivity contribution in [2.24, 2.45) is 22.9 Å². The molecule has 2 amide bonds. The zero-order valence-corrected chi connectivity index (χ0v) is 41.0. The molecule has 0 saturated heterocycles. The van der Waals surface area contributed by atoms with Gasteiger partial charge in [0.1, 0.15) is 30.5 Å². The number of nitrogens with zero attached hydrogens (tertiary/aromatic N) is 2. The van der Waals surface area contributed by atoms with Crippen LogP contribution in [0.15, 0.2) is 102 Å². The molecule has 6 atom stereocenters. The van der Waals surface area contributed by atoms with Crippen molar-refractivity contribution in [1.29, 1.82) is 0 Å². The van der Waals surface area contributed by atoms with E-state index in [-0.39, 0.29) is 63.7 Å². The van der Waals surface area contributed by atoms with Gasteiger partial charge in [0.25, 0.3) is 0 Å². The minimum Gasteiger partial charge on any atom is -0.459 e. The van der Waals surface area contributed by atoms with Crippen LogP contribution in [0.2, 0.25) is 0 Å². The van der Waals surface area contributed by atoms with Crippen LogP contribution in [0.1, 0.15) is 139 Å². The van der Waals surface area contributed by atoms with E-state index in [0.29, 0.717) is 42.0 Å². The molecule has 2 aliphatic carbocycles. The number of oxime groups is 1. The Balaban J connectivity index is 1.41. The second-order valence-corrected chi connectivity index (χ2v) is 18.7. The fourth-order valence-corrected chi connectivity index (χ4v) is 10.7. The molecule has 0 spiro atoms. The Morgan fingerprint density at radius 3 is 2.26 bits per heavy atom. The molecule has 3 aromatic carbocycles. The van der Waals surface area contributed by atoms with Crippen molar-refractivity contribution in [2.75, 3.05) is 33.5 Å². The summed E-state index contributed by atoms with van der Waals surface area (Å²) in [6.07, 6.45) is 18.6. The van der Waals surface area contributed by atoms with Crippen LogP contribution < -0.4 is 14.8 Å². The lowest BCUT2D eigenvalue weighted by atomic mass is 9.55. The van der Waals surface area contributed by atoms with Gasteiger partial charge in [-0.15, -0.1) is 6.58 Å². The number of hydrogen-bond donors (Lipinski definition) is 3. The second-order valence-electron chi connectivity index (χ2n) is 18.7. The van der Waals surface area contributed by atoms with Gasteiger partial charge in [-0.2, -0.15) is 0 Å². The minimum absolute atomic E-state index is 0.00763. The van der Waals surface area contributed by atoms with E-state index in [0.717, 1.165) is 61.6 Å². The molecular weight excluding hydrogens is 878 g/mol. The number of unbranched alkanes of at least 4 members (excludes halogenated alkanes) is 11. The van der Waals surface area contributed by atoms with E-state index < -0.39 is 35.8 Å². The normalized spacial score (nSPS) is 21.8. The van der Waals surface area contributed by atoms with Gasteiger partial charge in [0.2, 0.25) is 5.79 Å². The number of allylic oxidation sites excluding steroid dienone is 1. The zero-order chi connectivity index (χ0) is 48.9. The van der Waals surface area contributed by atoms with Crippen LogP contribution in [-0.2, 0) is 27.4 Å². The Hall–Kier alpha value is -5.24. The average molecular weight is 954 g/mol. The zero-order valence-electron chi connectivity index (χ0n) is 41.0. The average Bonchev–Trinajstić information content (AvgIpc) is 3.36. The highest BCUT2D eigenvalue weighted by atomic mass is 19.1. The van der Waals surface area contributed by atoms with Gasteiger partial charge in [-0.05, 0) is 91.0 Å². The SMILES string of the molecule is C=CCO[C@@]12Oc3ccc(OC(=O)NCc4ccccc4)cc3[C@H]3[C@H](CCCCO)[C@@H](CCCCO)C=C(C(=NOC)C[C@@H]1N(Cc1ccc(F)cc1)C(=O)OCCCCCCCCCCCC)[C@H]32. The monoisotopic (exact) mass is 954 g/mol. The number of carbonyl (C=O) groups excluding carboxylic acids is 2. The summed E-state index contributed by atoms with van der Waals surface area (Å²) in [6, 6.07) is 20.2. The standard InChI is InChI=1S/C56H76FN3O9/c1-4-6-7-8-9-10-11-12-13-21-35-66-55(64)60(40-42-26-28-44(57)29-27-42)51-38-49(59-65-3)47-36-43(24-17-19-32-61)46(25-18-20-33-62)52-48-37-45(68-54(63)58-39-41-22-15-14-16-23-41)30-31-50(48)69-56(51,53(47)52)67-34-5-2/h5,14-16,22-23,26-31,36-37,43,46,51-53,61-62H,2,4,6-13,17-21,24-25,32-35,38-40H2,1,3H3,(H,58,63)/t43-,46+,51-,52+,53+,56+/m0/s1. The highest BCUT2D eigenvalue weighted by Crippen LogP contribution is 2.62. The summed E-state index contributed by atoms with van der Waals surface area (Å²) in [5.41, 5.74) is 3.92. The largest absolute Gasteiger partial charge is 0.459 e. The molecule has 13 heteroatoms. The van der Waals surface area contributed by atoms with Crippen molar-refractivity contribution in [2.45, 2.75) is 147 Å². The maximum atomic E-state index is 14.9. The van der Waals surface area contributed by atoms with Gasteiger partial charge in [0.15, 0.2) is 0 Å². The molecule has 0 radical (unpaired) electrons. The third-order valence-electron chi connectivity index (χ3n) is 13.9. The molecule has 1 saturated carbocycles. The molecule has 1 fully saturated rings. The summed E-state index contributed by atoms with van der Waals surface area (Å²) >= 11 is 0. The van der Waals surface area contributed by atoms with E-state index in [2.05, 4.69) is 30.1 Å². The summed E-state index contributed by atoms with van der Waals surface area (Å²) in [5, 5.41) is 27.4. The van der Waals surface area contributed by atoms with Crippen molar-refractivity contribution in [3.63, 3.8) is 0 Å². The highest BCUT2D eigenvalue weighted by Gasteiger charge is 2.65. The molecule has 69 heavy (non-hydrogen) atoms. The van der Waals surface area contributed by atoms with E-state index in [4.69, 9.17) is 23.8 Å². The summed E-state index contributed by atoms with van der Waals surface area (Å²) < 4.78 is 40.9. The predicted molar refractivity (Wildman–Crippen MR) is 266 cm³/mol. The third-order valence-corrected chi connectivity index (χ3v) is 13.9. The van der Waals surface area contributed by atoms with Gasteiger partial charge in [0.05, 0.1) is 24.8 Å². The number of halogens is 1. The first-order valence-corrected chi connectivity index (χ1v) is 25.6. The number of benzene rings is 3. The van der Waals surface area contributed by atoms with Crippen LogP contribution in [0.25, 0.3) is 0 Å². The van der Waals surface area contributed by atoms with Crippen molar-refractivity contribution in [1.82, 2.24) is 10.2 Å². The number of rotatable bonds is 29. The number of ether oxygens (including phenoxy) is 4. The fraction of sp³-hybridized carbons (Fsp3) is 0.554. The van der Waals surface area contributed by atoms with Crippen LogP contribution in [-0.4, -0.2) is 78.4 Å². The first kappa shape index (κ1) is 53.1. The van der Waals surface area contributed by atoms with Crippen molar-refractivity contribution >= 4 is 17.9 Å². The Morgan fingerprint density at radius 1 is 0.884 bits per heavy atom. The molecule has 0 aromatic heterocycles. The summed E-state index contributed by atoms with van der Waals surface area (Å²) in [6.45, 7) is 7.03. The quantitative estimate of drug-likeness (QED) is 0.0351. The Bertz CT molecular complexity index is 2120. The molecule has 3 aliphatic rings. The first-order valence-electron chi connectivity index (χ1n) is 25.6. The van der Waals surface area contributed by atoms with Gasteiger partial charge in [-0.3, -0.25) is 4.90 Å². The van der Waals surface area contributed by atoms with Crippen LogP contribution in [0.3, 0.4) is 0 Å². The number of aliphatic hydroxyl groups excluding tert-OH is 2. The second kappa shape index (κ2) is 27.8. The molecule has 1 heterocycles. The molecular formula is C56H76FN3O9. The number of fused-ring (bicyclic) bond motifs is 2. The third kappa shape index (κ3) is 14.4. The molecule has 6 rings (SSSR count). The van der Waals surface area contributed by atoms with Crippen molar-refractivity contribution in [3.05, 3.63) is 120 Å². The molecule has 12 nitrogen and oxygen atoms in total. The van der Waals surface area contributed by atoms with Crippen LogP contribution in [0, 0.1) is 23.6 Å². The Kier molecular flexibility index (Phi) is 21.4. The molecule has 376 valence electrons. The van der Waals surface area contributed by atoms with Crippen LogP contribution in [0.4, 0.5) is 14.0 Å². The van der Waals surface area contributed by atoms with Gasteiger partial charge in [-0.25, -0.2) is 14.0 Å².